The topological polar surface area (TPSA) is 18.5 Å². The Kier molecular flexibility index (Phi) is 4.91. The van der Waals surface area contributed by atoms with Crippen LogP contribution in [0, 0.1) is 11.6 Å². The Morgan fingerprint density at radius 3 is 2.24 bits per heavy atom. The van der Waals surface area contributed by atoms with Crippen LogP contribution in [0.1, 0.15) is 16.5 Å². The maximum Gasteiger partial charge on any atom is 0.161 e. The zero-order valence-electron chi connectivity index (χ0n) is 11.3. The largest absolute Gasteiger partial charge is 0.493 e. The second-order valence-corrected chi connectivity index (χ2v) is 5.11. The molecule has 0 aliphatic carbocycles. The van der Waals surface area contributed by atoms with Crippen molar-refractivity contribution in [1.29, 1.82) is 0 Å². The number of methoxy groups -OCH3 is 2. The highest BCUT2D eigenvalue weighted by Gasteiger charge is 2.19. The Balaban J connectivity index is 2.45. The van der Waals surface area contributed by atoms with E-state index in [4.69, 9.17) is 32.7 Å². The van der Waals surface area contributed by atoms with Gasteiger partial charge in [-0.3, -0.25) is 0 Å². The Labute approximate surface area is 131 Å². The molecular formula is C15H12Cl2F2O2. The van der Waals surface area contributed by atoms with Crippen LogP contribution in [0.15, 0.2) is 30.3 Å². The lowest BCUT2D eigenvalue weighted by Gasteiger charge is -2.15. The van der Waals surface area contributed by atoms with Gasteiger partial charge in [-0.05, 0) is 29.8 Å². The summed E-state index contributed by atoms with van der Waals surface area (Å²) in [6.07, 6.45) is 0. The number of ether oxygens (including phenoxy) is 2. The van der Waals surface area contributed by atoms with Gasteiger partial charge in [-0.1, -0.05) is 17.7 Å². The van der Waals surface area contributed by atoms with E-state index < -0.39 is 17.0 Å². The number of halogens is 4. The monoisotopic (exact) mass is 332 g/mol. The molecule has 0 saturated heterocycles. The van der Waals surface area contributed by atoms with Gasteiger partial charge in [-0.25, -0.2) is 8.78 Å². The molecule has 2 aromatic rings. The van der Waals surface area contributed by atoms with E-state index in [-0.39, 0.29) is 10.6 Å². The van der Waals surface area contributed by atoms with Crippen LogP contribution >= 0.6 is 23.2 Å². The molecule has 1 atom stereocenters. The quantitative estimate of drug-likeness (QED) is 0.581. The molecule has 0 N–H and O–H groups in total. The summed E-state index contributed by atoms with van der Waals surface area (Å²) in [7, 11) is 2.98. The molecule has 0 aromatic heterocycles. The average molecular weight is 333 g/mol. The van der Waals surface area contributed by atoms with Crippen molar-refractivity contribution in [2.45, 2.75) is 5.38 Å². The first-order valence-corrected chi connectivity index (χ1v) is 6.79. The molecule has 1 unspecified atom stereocenters. The minimum atomic E-state index is -0.878. The first-order chi connectivity index (χ1) is 9.97. The Hall–Kier alpha value is -1.52. The number of hydrogen-bond donors (Lipinski definition) is 0. The second-order valence-electron chi connectivity index (χ2n) is 4.26. The van der Waals surface area contributed by atoms with Crippen LogP contribution in [-0.4, -0.2) is 14.2 Å². The van der Waals surface area contributed by atoms with E-state index in [1.807, 2.05) is 0 Å². The van der Waals surface area contributed by atoms with Crippen molar-refractivity contribution in [3.05, 3.63) is 58.1 Å². The second kappa shape index (κ2) is 6.50. The molecule has 2 nitrogen and oxygen atoms in total. The average Bonchev–Trinajstić information content (AvgIpc) is 2.49. The van der Waals surface area contributed by atoms with Gasteiger partial charge in [-0.2, -0.15) is 0 Å². The van der Waals surface area contributed by atoms with Crippen molar-refractivity contribution >= 4 is 23.2 Å². The molecule has 0 heterocycles. The van der Waals surface area contributed by atoms with Gasteiger partial charge in [0.2, 0.25) is 0 Å². The maximum absolute atomic E-state index is 13.9. The van der Waals surface area contributed by atoms with E-state index in [0.29, 0.717) is 17.1 Å². The van der Waals surface area contributed by atoms with E-state index in [9.17, 15) is 8.78 Å². The third-order valence-corrected chi connectivity index (χ3v) is 3.79. The van der Waals surface area contributed by atoms with Crippen molar-refractivity contribution in [1.82, 2.24) is 0 Å². The number of hydrogen-bond acceptors (Lipinski definition) is 2. The Morgan fingerprint density at radius 1 is 0.952 bits per heavy atom. The molecule has 0 fully saturated rings. The Morgan fingerprint density at radius 2 is 1.62 bits per heavy atom. The molecular weight excluding hydrogens is 321 g/mol. The van der Waals surface area contributed by atoms with E-state index in [1.165, 1.54) is 14.2 Å². The summed E-state index contributed by atoms with van der Waals surface area (Å²) in [6.45, 7) is 0. The highest BCUT2D eigenvalue weighted by molar-refractivity contribution is 6.30. The van der Waals surface area contributed by atoms with Crippen molar-refractivity contribution in [2.24, 2.45) is 0 Å². The summed E-state index contributed by atoms with van der Waals surface area (Å²) >= 11 is 11.8. The normalized spacial score (nSPS) is 12.1. The van der Waals surface area contributed by atoms with Gasteiger partial charge in [0, 0.05) is 5.56 Å². The molecule has 112 valence electrons. The van der Waals surface area contributed by atoms with Crippen LogP contribution in [0.25, 0.3) is 0 Å². The van der Waals surface area contributed by atoms with Crippen molar-refractivity contribution in [3.63, 3.8) is 0 Å². The SMILES string of the molecule is COc1ccc(C(Cl)c2cc(F)c(Cl)cc2F)cc1OC. The van der Waals surface area contributed by atoms with Crippen LogP contribution in [0.3, 0.4) is 0 Å². The van der Waals surface area contributed by atoms with Gasteiger partial charge < -0.3 is 9.47 Å². The predicted octanol–water partition coefficient (Wildman–Crippen LogP) is 4.96. The number of alkyl halides is 1. The lowest BCUT2D eigenvalue weighted by Crippen LogP contribution is -2.00. The first kappa shape index (κ1) is 15.9. The summed E-state index contributed by atoms with van der Waals surface area (Å²) < 4.78 is 37.7. The van der Waals surface area contributed by atoms with Gasteiger partial charge in [-0.15, -0.1) is 11.6 Å². The molecule has 0 bridgehead atoms. The fourth-order valence-corrected chi connectivity index (χ4v) is 2.38. The van der Waals surface area contributed by atoms with Crippen LogP contribution < -0.4 is 9.47 Å². The minimum absolute atomic E-state index is 0.00536. The Bertz CT molecular complexity index is 662. The fraction of sp³-hybridized carbons (Fsp3) is 0.200. The highest BCUT2D eigenvalue weighted by Crippen LogP contribution is 2.37. The predicted molar refractivity (Wildman–Crippen MR) is 78.6 cm³/mol. The van der Waals surface area contributed by atoms with Gasteiger partial charge >= 0.3 is 0 Å². The molecule has 0 aliphatic rings. The zero-order valence-corrected chi connectivity index (χ0v) is 12.8. The fourth-order valence-electron chi connectivity index (χ4n) is 1.92. The third kappa shape index (κ3) is 3.22. The molecule has 0 amide bonds. The standard InChI is InChI=1S/C15H12Cl2F2O2/c1-20-13-4-3-8(5-14(13)21-2)15(17)9-6-12(19)10(16)7-11(9)18/h3-7,15H,1-2H3. The molecule has 6 heteroatoms. The number of rotatable bonds is 4. The molecule has 0 radical (unpaired) electrons. The molecule has 0 spiro atoms. The summed E-state index contributed by atoms with van der Waals surface area (Å²) in [6, 6.07) is 6.82. The van der Waals surface area contributed by atoms with Crippen LogP contribution in [0.4, 0.5) is 8.78 Å². The molecule has 0 aliphatic heterocycles. The van der Waals surface area contributed by atoms with Gasteiger partial charge in [0.05, 0.1) is 24.6 Å². The zero-order chi connectivity index (χ0) is 15.6. The minimum Gasteiger partial charge on any atom is -0.493 e. The summed E-state index contributed by atoms with van der Waals surface area (Å²) in [5, 5.41) is -1.16. The lowest BCUT2D eigenvalue weighted by molar-refractivity contribution is 0.354. The smallest absolute Gasteiger partial charge is 0.161 e. The molecule has 2 aromatic carbocycles. The van der Waals surface area contributed by atoms with Crippen molar-refractivity contribution in [3.8, 4) is 11.5 Å². The first-order valence-electron chi connectivity index (χ1n) is 5.98. The molecule has 2 rings (SSSR count). The molecule has 0 saturated carbocycles. The summed E-state index contributed by atoms with van der Waals surface area (Å²) in [5.41, 5.74) is 0.556. The highest BCUT2D eigenvalue weighted by atomic mass is 35.5. The lowest BCUT2D eigenvalue weighted by atomic mass is 10.0. The summed E-state index contributed by atoms with van der Waals surface area (Å²) in [4.78, 5) is 0. The van der Waals surface area contributed by atoms with E-state index in [2.05, 4.69) is 0 Å². The van der Waals surface area contributed by atoms with E-state index in [0.717, 1.165) is 12.1 Å². The number of benzene rings is 2. The van der Waals surface area contributed by atoms with Crippen LogP contribution in [-0.2, 0) is 0 Å². The van der Waals surface area contributed by atoms with E-state index >= 15 is 0 Å². The third-order valence-electron chi connectivity index (χ3n) is 3.01. The summed E-state index contributed by atoms with van der Waals surface area (Å²) in [5.74, 6) is -0.418. The molecule has 21 heavy (non-hydrogen) atoms. The van der Waals surface area contributed by atoms with Crippen LogP contribution in [0.5, 0.6) is 11.5 Å². The van der Waals surface area contributed by atoms with Gasteiger partial charge in [0.25, 0.3) is 0 Å². The maximum atomic E-state index is 13.9. The van der Waals surface area contributed by atoms with Crippen molar-refractivity contribution < 1.29 is 18.3 Å². The van der Waals surface area contributed by atoms with Gasteiger partial charge in [0.1, 0.15) is 11.6 Å². The van der Waals surface area contributed by atoms with Gasteiger partial charge in [0.15, 0.2) is 11.5 Å². The van der Waals surface area contributed by atoms with E-state index in [1.54, 1.807) is 18.2 Å². The van der Waals surface area contributed by atoms with Crippen molar-refractivity contribution in [2.75, 3.05) is 14.2 Å². The van der Waals surface area contributed by atoms with Crippen LogP contribution in [0.2, 0.25) is 5.02 Å².